The molecule has 168 valence electrons. The summed E-state index contributed by atoms with van der Waals surface area (Å²) >= 11 is 0. The number of rotatable bonds is 10. The molecule has 0 atom stereocenters. The molecule has 0 fully saturated rings. The molecule has 0 aliphatic carbocycles. The molecular formula is C21H26N2O7S. The summed E-state index contributed by atoms with van der Waals surface area (Å²) in [6.07, 6.45) is 1.41. The lowest BCUT2D eigenvalue weighted by Gasteiger charge is -2.13. The average molecular weight is 451 g/mol. The van der Waals surface area contributed by atoms with Crippen molar-refractivity contribution in [2.24, 2.45) is 5.73 Å². The third-order valence-corrected chi connectivity index (χ3v) is 5.57. The molecule has 0 unspecified atom stereocenters. The highest BCUT2D eigenvalue weighted by Gasteiger charge is 2.15. The molecule has 2 aromatic rings. The summed E-state index contributed by atoms with van der Waals surface area (Å²) in [6.45, 7) is -0.208. The minimum Gasteiger partial charge on any atom is -0.496 e. The number of amides is 1. The molecule has 0 aliphatic rings. The van der Waals surface area contributed by atoms with E-state index in [1.807, 2.05) is 0 Å². The lowest BCUT2D eigenvalue weighted by Crippen LogP contribution is -2.22. The molecule has 0 bridgehead atoms. The number of sulfone groups is 1. The lowest BCUT2D eigenvalue weighted by molar-refractivity contribution is -0.114. The number of carbonyl (C=O) groups is 1. The Morgan fingerprint density at radius 1 is 0.968 bits per heavy atom. The summed E-state index contributed by atoms with van der Waals surface area (Å²) in [5.74, 6) is 1.000. The molecule has 0 saturated carbocycles. The van der Waals surface area contributed by atoms with E-state index in [2.05, 4.69) is 5.32 Å². The minimum absolute atomic E-state index is 0.208. The van der Waals surface area contributed by atoms with Crippen LogP contribution >= 0.6 is 0 Å². The summed E-state index contributed by atoms with van der Waals surface area (Å²) < 4.78 is 46.5. The number of methoxy groups -OCH3 is 4. The standard InChI is InChI=1S/C21H26N2O7S/c1-27-15-10-19(29-3)16(20(11-15)30-4)7-8-31(25,26)13-14-5-6-18(28-2)17(9-14)23-21(24)12-22/h5-11H,12-13,22H2,1-4H3,(H,23,24). The van der Waals surface area contributed by atoms with Gasteiger partial charge in [-0.3, -0.25) is 4.79 Å². The van der Waals surface area contributed by atoms with Gasteiger partial charge in [0.05, 0.1) is 52.0 Å². The highest BCUT2D eigenvalue weighted by Crippen LogP contribution is 2.35. The first-order valence-corrected chi connectivity index (χ1v) is 10.9. The fraction of sp³-hybridized carbons (Fsp3) is 0.286. The third-order valence-electron chi connectivity index (χ3n) is 4.29. The maximum atomic E-state index is 12.7. The first-order chi connectivity index (χ1) is 14.8. The summed E-state index contributed by atoms with van der Waals surface area (Å²) in [5, 5.41) is 3.67. The van der Waals surface area contributed by atoms with Crippen LogP contribution in [0, 0.1) is 0 Å². The summed E-state index contributed by atoms with van der Waals surface area (Å²) in [6, 6.07) is 7.98. The Labute approximate surface area is 181 Å². The van der Waals surface area contributed by atoms with Crippen molar-refractivity contribution in [3.8, 4) is 23.0 Å². The number of carbonyl (C=O) groups excluding carboxylic acids is 1. The Hall–Kier alpha value is -3.24. The first kappa shape index (κ1) is 24.0. The van der Waals surface area contributed by atoms with Gasteiger partial charge in [-0.2, -0.15) is 0 Å². The predicted octanol–water partition coefficient (Wildman–Crippen LogP) is 2.20. The molecule has 0 saturated heterocycles. The lowest BCUT2D eigenvalue weighted by atomic mass is 10.1. The fourth-order valence-electron chi connectivity index (χ4n) is 2.79. The number of hydrogen-bond acceptors (Lipinski definition) is 8. The van der Waals surface area contributed by atoms with Crippen LogP contribution in [0.5, 0.6) is 23.0 Å². The SMILES string of the molecule is COc1cc(OC)c(C=CS(=O)(=O)Cc2ccc(OC)c(NC(=O)CN)c2)c(OC)c1. The largest absolute Gasteiger partial charge is 0.496 e. The van der Waals surface area contributed by atoms with E-state index in [1.165, 1.54) is 40.6 Å². The number of benzene rings is 2. The summed E-state index contributed by atoms with van der Waals surface area (Å²) in [4.78, 5) is 11.6. The van der Waals surface area contributed by atoms with Crippen molar-refractivity contribution in [3.63, 3.8) is 0 Å². The highest BCUT2D eigenvalue weighted by molar-refractivity contribution is 7.93. The monoisotopic (exact) mass is 450 g/mol. The van der Waals surface area contributed by atoms with Crippen LogP contribution in [0.25, 0.3) is 6.08 Å². The normalized spacial score (nSPS) is 11.3. The van der Waals surface area contributed by atoms with Crippen LogP contribution < -0.4 is 30.0 Å². The van der Waals surface area contributed by atoms with Gasteiger partial charge in [-0.15, -0.1) is 0 Å². The van der Waals surface area contributed by atoms with Crippen LogP contribution in [-0.2, 0) is 20.4 Å². The smallest absolute Gasteiger partial charge is 0.238 e. The number of ether oxygens (including phenoxy) is 4. The molecule has 0 radical (unpaired) electrons. The van der Waals surface area contributed by atoms with E-state index >= 15 is 0 Å². The molecule has 0 spiro atoms. The van der Waals surface area contributed by atoms with Crippen molar-refractivity contribution in [1.29, 1.82) is 0 Å². The topological polar surface area (TPSA) is 126 Å². The van der Waals surface area contributed by atoms with Crippen molar-refractivity contribution in [2.75, 3.05) is 40.3 Å². The van der Waals surface area contributed by atoms with E-state index in [1.54, 1.807) is 24.3 Å². The molecule has 2 rings (SSSR count). The highest BCUT2D eigenvalue weighted by atomic mass is 32.2. The van der Waals surface area contributed by atoms with Crippen LogP contribution in [0.4, 0.5) is 5.69 Å². The van der Waals surface area contributed by atoms with Gasteiger partial charge < -0.3 is 30.0 Å². The van der Waals surface area contributed by atoms with E-state index in [9.17, 15) is 13.2 Å². The zero-order valence-corrected chi connectivity index (χ0v) is 18.6. The molecule has 1 amide bonds. The van der Waals surface area contributed by atoms with Crippen molar-refractivity contribution >= 4 is 27.5 Å². The van der Waals surface area contributed by atoms with Gasteiger partial charge in [0, 0.05) is 17.5 Å². The first-order valence-electron chi connectivity index (χ1n) is 9.14. The van der Waals surface area contributed by atoms with Gasteiger partial charge in [0.15, 0.2) is 9.84 Å². The second kappa shape index (κ2) is 10.7. The van der Waals surface area contributed by atoms with E-state index in [-0.39, 0.29) is 12.3 Å². The van der Waals surface area contributed by atoms with Crippen molar-refractivity contribution in [3.05, 3.63) is 46.9 Å². The van der Waals surface area contributed by atoms with Crippen molar-refractivity contribution in [1.82, 2.24) is 0 Å². The van der Waals surface area contributed by atoms with Gasteiger partial charge in [-0.05, 0) is 23.8 Å². The van der Waals surface area contributed by atoms with Gasteiger partial charge in [-0.25, -0.2) is 8.42 Å². The van der Waals surface area contributed by atoms with E-state index < -0.39 is 15.7 Å². The number of hydrogen-bond donors (Lipinski definition) is 2. The summed E-state index contributed by atoms with van der Waals surface area (Å²) in [5.41, 5.74) is 6.59. The number of nitrogens with one attached hydrogen (secondary N) is 1. The minimum atomic E-state index is -3.67. The Balaban J connectivity index is 2.33. The molecular weight excluding hydrogens is 424 g/mol. The van der Waals surface area contributed by atoms with Gasteiger partial charge in [0.25, 0.3) is 0 Å². The van der Waals surface area contributed by atoms with E-state index in [4.69, 9.17) is 24.7 Å². The molecule has 0 aliphatic heterocycles. The van der Waals surface area contributed by atoms with Crippen LogP contribution in [-0.4, -0.2) is 49.3 Å². The Morgan fingerprint density at radius 2 is 1.58 bits per heavy atom. The Morgan fingerprint density at radius 3 is 2.10 bits per heavy atom. The fourth-order valence-corrected chi connectivity index (χ4v) is 3.88. The Kier molecular flexibility index (Phi) is 8.29. The van der Waals surface area contributed by atoms with Gasteiger partial charge in [0.1, 0.15) is 23.0 Å². The van der Waals surface area contributed by atoms with Gasteiger partial charge in [0.2, 0.25) is 5.91 Å². The van der Waals surface area contributed by atoms with E-state index in [0.717, 1.165) is 5.41 Å². The molecule has 2 aromatic carbocycles. The second-order valence-electron chi connectivity index (χ2n) is 6.34. The average Bonchev–Trinajstić information content (AvgIpc) is 2.76. The maximum absolute atomic E-state index is 12.7. The third kappa shape index (κ3) is 6.37. The number of anilines is 1. The maximum Gasteiger partial charge on any atom is 0.238 e. The molecule has 31 heavy (non-hydrogen) atoms. The molecule has 0 aromatic heterocycles. The zero-order chi connectivity index (χ0) is 23.0. The van der Waals surface area contributed by atoms with Crippen LogP contribution in [0.3, 0.4) is 0 Å². The zero-order valence-electron chi connectivity index (χ0n) is 17.8. The second-order valence-corrected chi connectivity index (χ2v) is 8.23. The quantitative estimate of drug-likeness (QED) is 0.564. The Bertz CT molecular complexity index is 1040. The van der Waals surface area contributed by atoms with Crippen molar-refractivity contribution < 1.29 is 32.2 Å². The van der Waals surface area contributed by atoms with Crippen LogP contribution in [0.15, 0.2) is 35.7 Å². The molecule has 3 N–H and O–H groups in total. The van der Waals surface area contributed by atoms with Crippen LogP contribution in [0.2, 0.25) is 0 Å². The van der Waals surface area contributed by atoms with Crippen molar-refractivity contribution in [2.45, 2.75) is 5.75 Å². The van der Waals surface area contributed by atoms with E-state index in [0.29, 0.717) is 39.8 Å². The molecule has 9 nitrogen and oxygen atoms in total. The molecule has 10 heteroatoms. The molecule has 0 heterocycles. The number of nitrogens with two attached hydrogens (primary N) is 1. The van der Waals surface area contributed by atoms with Crippen LogP contribution in [0.1, 0.15) is 11.1 Å². The van der Waals surface area contributed by atoms with Gasteiger partial charge in [-0.1, -0.05) is 6.07 Å². The predicted molar refractivity (Wildman–Crippen MR) is 118 cm³/mol. The van der Waals surface area contributed by atoms with Gasteiger partial charge >= 0.3 is 0 Å². The summed E-state index contributed by atoms with van der Waals surface area (Å²) in [7, 11) is 2.22.